The molecule has 7 nitrogen and oxygen atoms in total. The third kappa shape index (κ3) is 4.04. The number of hydrogen-bond donors (Lipinski definition) is 0. The average Bonchev–Trinajstić information content (AvgIpc) is 2.45. The number of nitrogens with zero attached hydrogens (tertiary/aromatic N) is 3. The van der Waals surface area contributed by atoms with E-state index < -0.39 is 6.10 Å². The summed E-state index contributed by atoms with van der Waals surface area (Å²) < 4.78 is 15.7. The quantitative estimate of drug-likeness (QED) is 0.766. The maximum atomic E-state index is 11.6. The van der Waals surface area contributed by atoms with Crippen molar-refractivity contribution in [3.8, 4) is 5.88 Å². The Bertz CT molecular complexity index is 507. The van der Waals surface area contributed by atoms with Gasteiger partial charge < -0.3 is 19.1 Å². The molecule has 1 aromatic rings. The smallest absolute Gasteiger partial charge is 0.336 e. The molecule has 0 aliphatic carbocycles. The third-order valence-corrected chi connectivity index (χ3v) is 2.99. The number of morpholine rings is 1. The highest BCUT2D eigenvalue weighted by molar-refractivity contribution is 5.75. The summed E-state index contributed by atoms with van der Waals surface area (Å²) in [6.45, 7) is 7.20. The molecule has 1 unspecified atom stereocenters. The van der Waals surface area contributed by atoms with Crippen LogP contribution in [-0.4, -0.2) is 55.0 Å². The number of aromatic nitrogens is 2. The first-order valence-electron chi connectivity index (χ1n) is 6.96. The van der Waals surface area contributed by atoms with Gasteiger partial charge in [-0.3, -0.25) is 0 Å². The van der Waals surface area contributed by atoms with Crippen molar-refractivity contribution in [1.82, 2.24) is 9.97 Å². The standard InChI is InChI=1S/C14H21N3O4/c1-9(2)21-12-7-10(3)15-14(16-12)17-5-6-20-11(8-17)13(18)19-4/h7,9,11H,5-6,8H2,1-4H3. The van der Waals surface area contributed by atoms with Crippen molar-refractivity contribution >= 4 is 11.9 Å². The molecule has 0 aromatic carbocycles. The molecule has 116 valence electrons. The van der Waals surface area contributed by atoms with Crippen LogP contribution in [0.2, 0.25) is 0 Å². The van der Waals surface area contributed by atoms with Gasteiger partial charge in [-0.25, -0.2) is 9.78 Å². The fraction of sp³-hybridized carbons (Fsp3) is 0.643. The Kier molecular flexibility index (Phi) is 4.95. The summed E-state index contributed by atoms with van der Waals surface area (Å²) in [5.74, 6) is 0.697. The van der Waals surface area contributed by atoms with Gasteiger partial charge in [0.15, 0.2) is 6.10 Å². The third-order valence-electron chi connectivity index (χ3n) is 2.99. The molecule has 0 saturated carbocycles. The van der Waals surface area contributed by atoms with Gasteiger partial charge in [0.2, 0.25) is 11.8 Å². The normalized spacial score (nSPS) is 18.7. The highest BCUT2D eigenvalue weighted by Gasteiger charge is 2.29. The van der Waals surface area contributed by atoms with Gasteiger partial charge in [-0.1, -0.05) is 0 Å². The summed E-state index contributed by atoms with van der Waals surface area (Å²) in [5.41, 5.74) is 0.816. The van der Waals surface area contributed by atoms with Crippen LogP contribution in [0.4, 0.5) is 5.95 Å². The molecular weight excluding hydrogens is 274 g/mol. The number of methoxy groups -OCH3 is 1. The van der Waals surface area contributed by atoms with Gasteiger partial charge in [0.1, 0.15) is 0 Å². The number of anilines is 1. The molecule has 2 heterocycles. The fourth-order valence-corrected chi connectivity index (χ4v) is 2.07. The van der Waals surface area contributed by atoms with Crippen molar-refractivity contribution < 1.29 is 19.0 Å². The number of carbonyl (C=O) groups excluding carboxylic acids is 1. The summed E-state index contributed by atoms with van der Waals surface area (Å²) in [6.07, 6.45) is -0.568. The summed E-state index contributed by atoms with van der Waals surface area (Å²) >= 11 is 0. The SMILES string of the molecule is COC(=O)C1CN(c2nc(C)cc(OC(C)C)n2)CCO1. The van der Waals surface area contributed by atoms with Crippen molar-refractivity contribution in [3.05, 3.63) is 11.8 Å². The van der Waals surface area contributed by atoms with Crippen LogP contribution < -0.4 is 9.64 Å². The minimum atomic E-state index is -0.609. The lowest BCUT2D eigenvalue weighted by Gasteiger charge is -2.31. The van der Waals surface area contributed by atoms with Gasteiger partial charge in [0, 0.05) is 18.3 Å². The first kappa shape index (κ1) is 15.5. The van der Waals surface area contributed by atoms with E-state index in [1.807, 2.05) is 25.7 Å². The van der Waals surface area contributed by atoms with E-state index in [0.717, 1.165) is 5.69 Å². The molecule has 1 saturated heterocycles. The number of carbonyl (C=O) groups is 1. The highest BCUT2D eigenvalue weighted by Crippen LogP contribution is 2.19. The van der Waals surface area contributed by atoms with Crippen molar-refractivity contribution in [3.63, 3.8) is 0 Å². The zero-order chi connectivity index (χ0) is 15.4. The molecule has 21 heavy (non-hydrogen) atoms. The van der Waals surface area contributed by atoms with Gasteiger partial charge in [-0.2, -0.15) is 4.98 Å². The van der Waals surface area contributed by atoms with Crippen LogP contribution in [0.25, 0.3) is 0 Å². The molecule has 0 N–H and O–H groups in total. The molecule has 0 radical (unpaired) electrons. The largest absolute Gasteiger partial charge is 0.475 e. The van der Waals surface area contributed by atoms with Crippen LogP contribution >= 0.6 is 0 Å². The van der Waals surface area contributed by atoms with Crippen LogP contribution in [-0.2, 0) is 14.3 Å². The fourth-order valence-electron chi connectivity index (χ4n) is 2.07. The summed E-state index contributed by atoms with van der Waals surface area (Å²) in [6, 6.07) is 1.79. The first-order chi connectivity index (χ1) is 9.99. The van der Waals surface area contributed by atoms with Crippen molar-refractivity contribution in [1.29, 1.82) is 0 Å². The number of ether oxygens (including phenoxy) is 3. The maximum absolute atomic E-state index is 11.6. The number of hydrogen-bond acceptors (Lipinski definition) is 7. The second-order valence-corrected chi connectivity index (χ2v) is 5.14. The van der Waals surface area contributed by atoms with E-state index in [2.05, 4.69) is 9.97 Å². The van der Waals surface area contributed by atoms with E-state index in [0.29, 0.717) is 31.5 Å². The summed E-state index contributed by atoms with van der Waals surface area (Å²) in [4.78, 5) is 22.3. The van der Waals surface area contributed by atoms with E-state index in [4.69, 9.17) is 14.2 Å². The topological polar surface area (TPSA) is 73.8 Å². The molecule has 1 fully saturated rings. The monoisotopic (exact) mass is 295 g/mol. The number of rotatable bonds is 4. The lowest BCUT2D eigenvalue weighted by molar-refractivity contribution is -0.154. The zero-order valence-corrected chi connectivity index (χ0v) is 12.8. The predicted molar refractivity (Wildman–Crippen MR) is 76.5 cm³/mol. The Morgan fingerprint density at radius 2 is 2.24 bits per heavy atom. The molecule has 1 aromatic heterocycles. The first-order valence-corrected chi connectivity index (χ1v) is 6.96. The van der Waals surface area contributed by atoms with Crippen LogP contribution in [0.3, 0.4) is 0 Å². The minimum absolute atomic E-state index is 0.0413. The Balaban J connectivity index is 2.16. The second kappa shape index (κ2) is 6.71. The molecule has 7 heteroatoms. The molecule has 1 aliphatic rings. The Labute approximate surface area is 124 Å². The zero-order valence-electron chi connectivity index (χ0n) is 12.8. The molecule has 0 spiro atoms. The Morgan fingerprint density at radius 3 is 2.90 bits per heavy atom. The van der Waals surface area contributed by atoms with Gasteiger partial charge in [-0.15, -0.1) is 0 Å². The number of esters is 1. The minimum Gasteiger partial charge on any atom is -0.475 e. The Hall–Kier alpha value is -1.89. The van der Waals surface area contributed by atoms with Gasteiger partial charge in [-0.05, 0) is 20.8 Å². The predicted octanol–water partition coefficient (Wildman–Crippen LogP) is 0.950. The molecule has 1 atom stereocenters. The van der Waals surface area contributed by atoms with E-state index in [-0.39, 0.29) is 12.1 Å². The van der Waals surface area contributed by atoms with Crippen LogP contribution in [0.5, 0.6) is 5.88 Å². The Morgan fingerprint density at radius 1 is 1.48 bits per heavy atom. The maximum Gasteiger partial charge on any atom is 0.336 e. The molecule has 0 bridgehead atoms. The van der Waals surface area contributed by atoms with E-state index in [1.54, 1.807) is 6.07 Å². The summed E-state index contributed by atoms with van der Waals surface area (Å²) in [7, 11) is 1.35. The highest BCUT2D eigenvalue weighted by atomic mass is 16.6. The molecule has 2 rings (SSSR count). The lowest BCUT2D eigenvalue weighted by atomic mass is 10.3. The average molecular weight is 295 g/mol. The van der Waals surface area contributed by atoms with Crippen LogP contribution in [0, 0.1) is 6.92 Å². The summed E-state index contributed by atoms with van der Waals surface area (Å²) in [5, 5.41) is 0. The van der Waals surface area contributed by atoms with Crippen LogP contribution in [0.1, 0.15) is 19.5 Å². The number of aryl methyl sites for hydroxylation is 1. The second-order valence-electron chi connectivity index (χ2n) is 5.14. The van der Waals surface area contributed by atoms with Gasteiger partial charge in [0.05, 0.1) is 26.4 Å². The van der Waals surface area contributed by atoms with Crippen molar-refractivity contribution in [2.45, 2.75) is 33.0 Å². The molecular formula is C14H21N3O4. The van der Waals surface area contributed by atoms with Crippen molar-refractivity contribution in [2.75, 3.05) is 31.7 Å². The van der Waals surface area contributed by atoms with Gasteiger partial charge in [0.25, 0.3) is 0 Å². The molecule has 1 aliphatic heterocycles. The molecule has 0 amide bonds. The van der Waals surface area contributed by atoms with Gasteiger partial charge >= 0.3 is 5.97 Å². The van der Waals surface area contributed by atoms with E-state index >= 15 is 0 Å². The van der Waals surface area contributed by atoms with Crippen LogP contribution in [0.15, 0.2) is 6.07 Å². The van der Waals surface area contributed by atoms with E-state index in [1.165, 1.54) is 7.11 Å². The lowest BCUT2D eigenvalue weighted by Crippen LogP contribution is -2.47. The van der Waals surface area contributed by atoms with Crippen molar-refractivity contribution in [2.24, 2.45) is 0 Å². The van der Waals surface area contributed by atoms with E-state index in [9.17, 15) is 4.79 Å².